The minimum Gasteiger partial charge on any atom is -0.479 e. The Morgan fingerprint density at radius 2 is 1.87 bits per heavy atom. The first-order chi connectivity index (χ1) is 14.2. The summed E-state index contributed by atoms with van der Waals surface area (Å²) in [4.78, 5) is 11.3. The van der Waals surface area contributed by atoms with E-state index in [4.69, 9.17) is 4.74 Å². The number of hydrogen-bond acceptors (Lipinski definition) is 8. The maximum atomic E-state index is 5.42. The van der Waals surface area contributed by atoms with Gasteiger partial charge >= 0.3 is 0 Å². The molecule has 158 valence electrons. The molecule has 2 fully saturated rings. The maximum Gasteiger partial charge on any atom is 0.241 e. The van der Waals surface area contributed by atoms with Gasteiger partial charge in [-0.1, -0.05) is 0 Å². The summed E-state index contributed by atoms with van der Waals surface area (Å²) in [6, 6.07) is 5.73. The van der Waals surface area contributed by atoms with Gasteiger partial charge in [0.1, 0.15) is 17.1 Å². The van der Waals surface area contributed by atoms with Crippen LogP contribution in [0.15, 0.2) is 30.7 Å². The number of nitrogens with one attached hydrogen (secondary N) is 2. The molecule has 2 bridgehead atoms. The van der Waals surface area contributed by atoms with E-state index in [2.05, 4.69) is 47.6 Å². The first-order valence-electron chi connectivity index (χ1n) is 9.94. The summed E-state index contributed by atoms with van der Waals surface area (Å²) in [6.45, 7) is 0. The molecule has 2 aliphatic heterocycles. The number of ether oxygens (including phenoxy) is 1. The average Bonchev–Trinajstić information content (AvgIpc) is 3.42. The highest BCUT2D eigenvalue weighted by Crippen LogP contribution is 2.31. The van der Waals surface area contributed by atoms with Gasteiger partial charge in [0.25, 0.3) is 0 Å². The third kappa shape index (κ3) is 3.82. The number of aromatic amines is 1. The van der Waals surface area contributed by atoms with Crippen LogP contribution in [0.3, 0.4) is 0 Å². The number of fused-ring (bicyclic) bond motifs is 2. The van der Waals surface area contributed by atoms with Crippen molar-refractivity contribution >= 4 is 18.2 Å². The topological polar surface area (TPSA) is 105 Å². The lowest BCUT2D eigenvalue weighted by Gasteiger charge is -2.36. The molecule has 3 atom stereocenters. The normalized spacial score (nSPS) is 22.4. The van der Waals surface area contributed by atoms with E-state index >= 15 is 0 Å². The van der Waals surface area contributed by atoms with Gasteiger partial charge in [0, 0.05) is 36.9 Å². The Bertz CT molecular complexity index is 969. The van der Waals surface area contributed by atoms with Gasteiger partial charge in [-0.3, -0.25) is 5.10 Å². The van der Waals surface area contributed by atoms with Crippen molar-refractivity contribution in [2.75, 3.05) is 19.1 Å². The maximum absolute atomic E-state index is 5.42. The predicted octanol–water partition coefficient (Wildman–Crippen LogP) is 2.47. The zero-order valence-corrected chi connectivity index (χ0v) is 17.8. The van der Waals surface area contributed by atoms with Crippen molar-refractivity contribution < 1.29 is 4.74 Å². The number of methoxy groups -OCH3 is 1. The fourth-order valence-corrected chi connectivity index (χ4v) is 4.40. The van der Waals surface area contributed by atoms with Crippen LogP contribution in [-0.2, 0) is 0 Å². The minimum atomic E-state index is 0. The van der Waals surface area contributed by atoms with E-state index in [0.717, 1.165) is 24.2 Å². The second kappa shape index (κ2) is 8.53. The van der Waals surface area contributed by atoms with Crippen LogP contribution in [0.1, 0.15) is 25.7 Å². The van der Waals surface area contributed by atoms with Crippen molar-refractivity contribution in [3.8, 4) is 28.5 Å². The van der Waals surface area contributed by atoms with Crippen molar-refractivity contribution in [2.24, 2.45) is 0 Å². The Kier molecular flexibility index (Phi) is 5.83. The van der Waals surface area contributed by atoms with E-state index in [9.17, 15) is 0 Å². The Balaban J connectivity index is 0.00000218. The van der Waals surface area contributed by atoms with Crippen molar-refractivity contribution in [1.29, 1.82) is 0 Å². The molecule has 0 spiro atoms. The quantitative estimate of drug-likeness (QED) is 0.638. The summed E-state index contributed by atoms with van der Waals surface area (Å²) >= 11 is 0. The molecule has 2 N–H and O–H groups in total. The van der Waals surface area contributed by atoms with E-state index in [1.165, 1.54) is 12.8 Å². The van der Waals surface area contributed by atoms with Gasteiger partial charge < -0.3 is 15.0 Å². The van der Waals surface area contributed by atoms with Crippen LogP contribution < -0.4 is 15.0 Å². The molecule has 0 aromatic carbocycles. The standard InChI is InChI=1S/C20H24N8O.ClH/c1-28(15-7-13-3-4-14(8-15)24-13)18-6-5-16(26-27-18)17-11-21-19(20(25-17)29-2)12-9-22-23-10-12;/h5-6,9-11,13-15,24H,3-4,7-8H2,1-2H3,(H,22,23);1H/t13-,14+,15?;. The third-order valence-corrected chi connectivity index (χ3v) is 5.98. The van der Waals surface area contributed by atoms with Gasteiger partial charge in [-0.25, -0.2) is 9.97 Å². The summed E-state index contributed by atoms with van der Waals surface area (Å²) in [5.41, 5.74) is 2.74. The molecule has 0 radical (unpaired) electrons. The largest absolute Gasteiger partial charge is 0.479 e. The number of nitrogens with zero attached hydrogens (tertiary/aromatic N) is 6. The number of halogens is 1. The predicted molar refractivity (Wildman–Crippen MR) is 116 cm³/mol. The number of piperidine rings is 1. The molecule has 0 saturated carbocycles. The van der Waals surface area contributed by atoms with Gasteiger partial charge in [-0.15, -0.1) is 22.6 Å². The smallest absolute Gasteiger partial charge is 0.241 e. The molecule has 1 unspecified atom stereocenters. The van der Waals surface area contributed by atoms with Crippen LogP contribution >= 0.6 is 12.4 Å². The van der Waals surface area contributed by atoms with Gasteiger partial charge in [0.05, 0.1) is 19.5 Å². The summed E-state index contributed by atoms with van der Waals surface area (Å²) in [5.74, 6) is 1.31. The molecule has 30 heavy (non-hydrogen) atoms. The summed E-state index contributed by atoms with van der Waals surface area (Å²) in [5, 5.41) is 19.3. The molecule has 2 saturated heterocycles. The molecule has 0 aliphatic carbocycles. The van der Waals surface area contributed by atoms with Gasteiger partial charge in [-0.05, 0) is 37.8 Å². The monoisotopic (exact) mass is 428 g/mol. The zero-order valence-electron chi connectivity index (χ0n) is 16.9. The molecule has 2 aliphatic rings. The summed E-state index contributed by atoms with van der Waals surface area (Å²) < 4.78 is 5.42. The lowest BCUT2D eigenvalue weighted by molar-refractivity contribution is 0.353. The van der Waals surface area contributed by atoms with E-state index < -0.39 is 0 Å². The SMILES string of the molecule is COc1nc(-c2ccc(N(C)C3C[C@H]4CC[C@@H](C3)N4)nn2)cnc1-c1cn[nH]c1.Cl. The highest BCUT2D eigenvalue weighted by molar-refractivity contribution is 5.85. The molecule has 3 aromatic heterocycles. The summed E-state index contributed by atoms with van der Waals surface area (Å²) in [6.07, 6.45) is 10.0. The van der Waals surface area contributed by atoms with E-state index in [0.29, 0.717) is 41.1 Å². The Morgan fingerprint density at radius 1 is 1.07 bits per heavy atom. The second-order valence-electron chi connectivity index (χ2n) is 7.75. The number of rotatable bonds is 5. The zero-order chi connectivity index (χ0) is 19.8. The van der Waals surface area contributed by atoms with Crippen LogP contribution in [-0.4, -0.2) is 62.6 Å². The minimum absolute atomic E-state index is 0. The van der Waals surface area contributed by atoms with Crippen LogP contribution in [0.25, 0.3) is 22.6 Å². The second-order valence-corrected chi connectivity index (χ2v) is 7.75. The molecule has 3 aromatic rings. The van der Waals surface area contributed by atoms with Crippen LogP contribution in [0, 0.1) is 0 Å². The molecule has 10 heteroatoms. The van der Waals surface area contributed by atoms with Crippen molar-refractivity contribution in [3.63, 3.8) is 0 Å². The average molecular weight is 429 g/mol. The van der Waals surface area contributed by atoms with E-state index in [1.54, 1.807) is 25.7 Å². The summed E-state index contributed by atoms with van der Waals surface area (Å²) in [7, 11) is 3.69. The third-order valence-electron chi connectivity index (χ3n) is 5.98. The molecular weight excluding hydrogens is 404 g/mol. The fourth-order valence-electron chi connectivity index (χ4n) is 4.40. The van der Waals surface area contributed by atoms with Crippen molar-refractivity contribution in [2.45, 2.75) is 43.8 Å². The molecule has 5 rings (SSSR count). The van der Waals surface area contributed by atoms with E-state index in [1.807, 2.05) is 12.1 Å². The number of H-pyrrole nitrogens is 1. The first-order valence-corrected chi connectivity index (χ1v) is 9.94. The lowest BCUT2D eigenvalue weighted by atomic mass is 9.98. The highest BCUT2D eigenvalue weighted by Gasteiger charge is 2.35. The van der Waals surface area contributed by atoms with Gasteiger partial charge in [-0.2, -0.15) is 5.10 Å². The number of anilines is 1. The van der Waals surface area contributed by atoms with Gasteiger partial charge in [0.15, 0.2) is 5.82 Å². The first kappa shape index (κ1) is 20.5. The van der Waals surface area contributed by atoms with E-state index in [-0.39, 0.29) is 12.4 Å². The molecule has 5 heterocycles. The fraction of sp³-hybridized carbons (Fsp3) is 0.450. The Hall–Kier alpha value is -2.78. The molecule has 9 nitrogen and oxygen atoms in total. The van der Waals surface area contributed by atoms with Crippen LogP contribution in [0.5, 0.6) is 5.88 Å². The molecular formula is C20H25ClN8O. The number of aromatic nitrogens is 6. The lowest BCUT2D eigenvalue weighted by Crippen LogP contribution is -2.47. The number of hydrogen-bond donors (Lipinski definition) is 2. The van der Waals surface area contributed by atoms with Crippen LogP contribution in [0.4, 0.5) is 5.82 Å². The van der Waals surface area contributed by atoms with Crippen molar-refractivity contribution in [3.05, 3.63) is 30.7 Å². The van der Waals surface area contributed by atoms with Crippen LogP contribution in [0.2, 0.25) is 0 Å². The van der Waals surface area contributed by atoms with Gasteiger partial charge in [0.2, 0.25) is 5.88 Å². The Labute approximate surface area is 181 Å². The molecule has 0 amide bonds. The van der Waals surface area contributed by atoms with Crippen molar-refractivity contribution in [1.82, 2.24) is 35.7 Å². The highest BCUT2D eigenvalue weighted by atomic mass is 35.5. The Morgan fingerprint density at radius 3 is 2.50 bits per heavy atom.